The van der Waals surface area contributed by atoms with Crippen LogP contribution in [0, 0.1) is 12.7 Å². The number of carbonyl (C=O) groups excluding carboxylic acids is 2. The summed E-state index contributed by atoms with van der Waals surface area (Å²) in [5, 5.41) is 5.55. The number of nitrogens with one attached hydrogen (secondary N) is 2. The van der Waals surface area contributed by atoms with Gasteiger partial charge in [-0.25, -0.2) is 4.39 Å². The van der Waals surface area contributed by atoms with Gasteiger partial charge in [0.25, 0.3) is 5.91 Å². The van der Waals surface area contributed by atoms with Crippen LogP contribution in [0.1, 0.15) is 22.3 Å². The van der Waals surface area contributed by atoms with Crippen LogP contribution in [-0.2, 0) is 4.79 Å². The third kappa shape index (κ3) is 4.79. The molecule has 23 heavy (non-hydrogen) atoms. The van der Waals surface area contributed by atoms with Crippen LogP contribution in [-0.4, -0.2) is 18.4 Å². The summed E-state index contributed by atoms with van der Waals surface area (Å²) in [5.41, 5.74) is 1.25. The molecule has 0 saturated carbocycles. The lowest BCUT2D eigenvalue weighted by Crippen LogP contribution is -2.27. The van der Waals surface area contributed by atoms with Gasteiger partial charge in [0.1, 0.15) is 5.82 Å². The van der Waals surface area contributed by atoms with Crippen LogP contribution in [0.5, 0.6) is 0 Å². The van der Waals surface area contributed by atoms with Gasteiger partial charge in [-0.3, -0.25) is 9.59 Å². The molecular formula is C17H16ClFN2O2. The van der Waals surface area contributed by atoms with Gasteiger partial charge in [0.05, 0.1) is 10.6 Å². The van der Waals surface area contributed by atoms with Crippen LogP contribution in [0.15, 0.2) is 42.5 Å². The fourth-order valence-corrected chi connectivity index (χ4v) is 2.15. The zero-order valence-electron chi connectivity index (χ0n) is 12.5. The molecule has 120 valence electrons. The molecule has 0 aliphatic rings. The Balaban J connectivity index is 1.82. The molecule has 0 fully saturated rings. The molecule has 2 N–H and O–H groups in total. The van der Waals surface area contributed by atoms with Crippen molar-refractivity contribution in [3.05, 3.63) is 64.4 Å². The van der Waals surface area contributed by atoms with Crippen molar-refractivity contribution in [2.75, 3.05) is 11.9 Å². The highest BCUT2D eigenvalue weighted by Crippen LogP contribution is 2.15. The zero-order valence-corrected chi connectivity index (χ0v) is 13.3. The highest BCUT2D eigenvalue weighted by molar-refractivity contribution is 6.33. The summed E-state index contributed by atoms with van der Waals surface area (Å²) in [7, 11) is 0. The SMILES string of the molecule is Cc1ccc(NC(=O)CCNC(=O)c2ccccc2Cl)cc1F. The Morgan fingerprint density at radius 2 is 1.91 bits per heavy atom. The first kappa shape index (κ1) is 17.0. The second-order valence-electron chi connectivity index (χ2n) is 5.00. The van der Waals surface area contributed by atoms with Crippen molar-refractivity contribution in [3.8, 4) is 0 Å². The van der Waals surface area contributed by atoms with Crippen LogP contribution in [0.25, 0.3) is 0 Å². The predicted octanol–water partition coefficient (Wildman–Crippen LogP) is 3.55. The molecule has 0 aliphatic carbocycles. The number of carbonyl (C=O) groups is 2. The minimum absolute atomic E-state index is 0.0751. The molecule has 6 heteroatoms. The minimum atomic E-state index is -0.380. The lowest BCUT2D eigenvalue weighted by molar-refractivity contribution is -0.116. The Morgan fingerprint density at radius 1 is 1.17 bits per heavy atom. The van der Waals surface area contributed by atoms with Gasteiger partial charge in [-0.15, -0.1) is 0 Å². The average molecular weight is 335 g/mol. The molecule has 2 aromatic rings. The maximum absolute atomic E-state index is 13.4. The van der Waals surface area contributed by atoms with Crippen LogP contribution >= 0.6 is 11.6 Å². The van der Waals surface area contributed by atoms with Crippen molar-refractivity contribution in [2.24, 2.45) is 0 Å². The molecule has 0 heterocycles. The lowest BCUT2D eigenvalue weighted by Gasteiger charge is -2.08. The molecule has 0 unspecified atom stereocenters. The fourth-order valence-electron chi connectivity index (χ4n) is 1.92. The summed E-state index contributed by atoms with van der Waals surface area (Å²) >= 11 is 5.92. The number of rotatable bonds is 5. The van der Waals surface area contributed by atoms with E-state index in [4.69, 9.17) is 11.6 Å². The Morgan fingerprint density at radius 3 is 2.61 bits per heavy atom. The third-order valence-corrected chi connectivity index (χ3v) is 3.54. The van der Waals surface area contributed by atoms with E-state index in [-0.39, 0.29) is 30.6 Å². The van der Waals surface area contributed by atoms with Crippen LogP contribution < -0.4 is 10.6 Å². The number of amides is 2. The van der Waals surface area contributed by atoms with E-state index < -0.39 is 0 Å². The molecule has 0 aromatic heterocycles. The van der Waals surface area contributed by atoms with E-state index in [0.717, 1.165) is 0 Å². The van der Waals surface area contributed by atoms with Gasteiger partial charge in [0.15, 0.2) is 0 Å². The molecule has 0 saturated heterocycles. The molecule has 4 nitrogen and oxygen atoms in total. The van der Waals surface area contributed by atoms with Crippen LogP contribution in [0.4, 0.5) is 10.1 Å². The van der Waals surface area contributed by atoms with Crippen molar-refractivity contribution in [3.63, 3.8) is 0 Å². The monoisotopic (exact) mass is 334 g/mol. The largest absolute Gasteiger partial charge is 0.351 e. The maximum atomic E-state index is 13.4. The van der Waals surface area contributed by atoms with Gasteiger partial charge in [0.2, 0.25) is 5.91 Å². The van der Waals surface area contributed by atoms with E-state index >= 15 is 0 Å². The van der Waals surface area contributed by atoms with E-state index in [1.807, 2.05) is 0 Å². The van der Waals surface area contributed by atoms with E-state index in [1.54, 1.807) is 43.3 Å². The zero-order chi connectivity index (χ0) is 16.8. The number of halogens is 2. The predicted molar refractivity (Wildman–Crippen MR) is 88.2 cm³/mol. The van der Waals surface area contributed by atoms with Gasteiger partial charge < -0.3 is 10.6 Å². The second-order valence-corrected chi connectivity index (χ2v) is 5.41. The molecule has 2 aromatic carbocycles. The summed E-state index contributed by atoms with van der Waals surface area (Å²) in [5.74, 6) is -1.03. The van der Waals surface area contributed by atoms with E-state index in [2.05, 4.69) is 10.6 Å². The van der Waals surface area contributed by atoms with Crippen molar-refractivity contribution in [2.45, 2.75) is 13.3 Å². The Bertz CT molecular complexity index is 734. The third-order valence-electron chi connectivity index (χ3n) is 3.21. The average Bonchev–Trinajstić information content (AvgIpc) is 2.51. The first-order valence-electron chi connectivity index (χ1n) is 7.06. The van der Waals surface area contributed by atoms with Gasteiger partial charge >= 0.3 is 0 Å². The summed E-state index contributed by atoms with van der Waals surface area (Å²) in [4.78, 5) is 23.7. The summed E-state index contributed by atoms with van der Waals surface area (Å²) in [6, 6.07) is 11.1. The molecule has 0 spiro atoms. The minimum Gasteiger partial charge on any atom is -0.351 e. The van der Waals surface area contributed by atoms with Crippen molar-refractivity contribution >= 4 is 29.1 Å². The molecule has 0 bridgehead atoms. The number of hydrogen-bond donors (Lipinski definition) is 2. The summed E-state index contributed by atoms with van der Waals surface area (Å²) in [6.07, 6.45) is 0.0751. The molecular weight excluding hydrogens is 319 g/mol. The number of hydrogen-bond acceptors (Lipinski definition) is 2. The summed E-state index contributed by atoms with van der Waals surface area (Å²) < 4.78 is 13.4. The normalized spacial score (nSPS) is 10.2. The quantitative estimate of drug-likeness (QED) is 0.878. The number of aryl methyl sites for hydroxylation is 1. The van der Waals surface area contributed by atoms with Crippen molar-refractivity contribution in [1.82, 2.24) is 5.32 Å². The molecule has 2 rings (SSSR count). The Hall–Kier alpha value is -2.40. The van der Waals surface area contributed by atoms with E-state index in [1.165, 1.54) is 6.07 Å². The van der Waals surface area contributed by atoms with Gasteiger partial charge in [-0.2, -0.15) is 0 Å². The van der Waals surface area contributed by atoms with Gasteiger partial charge in [-0.1, -0.05) is 29.8 Å². The molecule has 2 amide bonds. The first-order chi connectivity index (χ1) is 11.0. The highest BCUT2D eigenvalue weighted by atomic mass is 35.5. The maximum Gasteiger partial charge on any atom is 0.252 e. The molecule has 0 aliphatic heterocycles. The highest BCUT2D eigenvalue weighted by Gasteiger charge is 2.10. The van der Waals surface area contributed by atoms with Gasteiger partial charge in [-0.05, 0) is 36.8 Å². The fraction of sp³-hybridized carbons (Fsp3) is 0.176. The van der Waals surface area contributed by atoms with Crippen LogP contribution in [0.3, 0.4) is 0 Å². The Labute approximate surface area is 138 Å². The topological polar surface area (TPSA) is 58.2 Å². The lowest BCUT2D eigenvalue weighted by atomic mass is 10.2. The second kappa shape index (κ2) is 7.74. The standard InChI is InChI=1S/C17H16ClFN2O2/c1-11-6-7-12(10-15(11)19)21-16(22)8-9-20-17(23)13-4-2-3-5-14(13)18/h2-7,10H,8-9H2,1H3,(H,20,23)(H,21,22). The van der Waals surface area contributed by atoms with E-state index in [0.29, 0.717) is 21.8 Å². The van der Waals surface area contributed by atoms with Crippen molar-refractivity contribution < 1.29 is 14.0 Å². The molecule has 0 radical (unpaired) electrons. The Kier molecular flexibility index (Phi) is 5.71. The summed E-state index contributed by atoms with van der Waals surface area (Å²) in [6.45, 7) is 1.80. The van der Waals surface area contributed by atoms with Crippen molar-refractivity contribution in [1.29, 1.82) is 0 Å². The smallest absolute Gasteiger partial charge is 0.252 e. The van der Waals surface area contributed by atoms with E-state index in [9.17, 15) is 14.0 Å². The molecule has 0 atom stereocenters. The first-order valence-corrected chi connectivity index (χ1v) is 7.44. The number of benzene rings is 2. The van der Waals surface area contributed by atoms with Gasteiger partial charge in [0, 0.05) is 18.7 Å². The van der Waals surface area contributed by atoms with Crippen LogP contribution in [0.2, 0.25) is 5.02 Å². The number of anilines is 1.